The maximum Gasteiger partial charge on any atom is 0.255 e. The number of hydrogen-bond donors (Lipinski definition) is 1. The summed E-state index contributed by atoms with van der Waals surface area (Å²) < 4.78 is 6.25. The maximum atomic E-state index is 12.7. The van der Waals surface area contributed by atoms with E-state index >= 15 is 0 Å². The molecule has 1 aromatic heterocycles. The minimum atomic E-state index is -0.140. The number of thiazole rings is 1. The first-order valence-corrected chi connectivity index (χ1v) is 11.9. The smallest absolute Gasteiger partial charge is 0.255 e. The molecule has 1 aliphatic heterocycles. The summed E-state index contributed by atoms with van der Waals surface area (Å²) >= 11 is 5.51. The number of thioether (sulfide) groups is 2. The third-order valence-electron chi connectivity index (χ3n) is 4.19. The minimum Gasteiger partial charge on any atom is -0.487 e. The number of nitrogens with one attached hydrogen (secondary N) is 1. The number of ether oxygens (including phenoxy) is 1. The van der Waals surface area contributed by atoms with Crippen molar-refractivity contribution in [1.82, 2.24) is 4.98 Å². The number of carbonyl (C=O) groups excluding carboxylic acids is 1. The fourth-order valence-electron chi connectivity index (χ4n) is 2.88. The van der Waals surface area contributed by atoms with Gasteiger partial charge >= 0.3 is 0 Å². The Balaban J connectivity index is 1.41. The van der Waals surface area contributed by atoms with Gasteiger partial charge in [0.25, 0.3) is 5.91 Å². The molecule has 4 nitrogen and oxygen atoms in total. The lowest BCUT2D eigenvalue weighted by Gasteiger charge is -2.12. The molecule has 1 N–H and O–H groups in total. The molecule has 3 aromatic rings. The van der Waals surface area contributed by atoms with Gasteiger partial charge in [-0.15, -0.1) is 34.9 Å². The van der Waals surface area contributed by atoms with Gasteiger partial charge in [-0.3, -0.25) is 4.79 Å². The predicted octanol–water partition coefficient (Wildman–Crippen LogP) is 5.76. The van der Waals surface area contributed by atoms with Crippen LogP contribution in [-0.2, 0) is 6.61 Å². The molecule has 0 saturated carbocycles. The average Bonchev–Trinajstić information content (AvgIpc) is 3.39. The van der Waals surface area contributed by atoms with E-state index in [2.05, 4.69) is 22.4 Å². The molecule has 2 aromatic carbocycles. The van der Waals surface area contributed by atoms with E-state index in [0.717, 1.165) is 16.4 Å². The van der Waals surface area contributed by atoms with Crippen molar-refractivity contribution in [2.24, 2.45) is 0 Å². The van der Waals surface area contributed by atoms with E-state index in [4.69, 9.17) is 4.74 Å². The fraction of sp³-hybridized carbons (Fsp3) is 0.238. The van der Waals surface area contributed by atoms with Crippen LogP contribution in [0.25, 0.3) is 0 Å². The van der Waals surface area contributed by atoms with Crippen LogP contribution in [0.4, 0.5) is 5.69 Å². The monoisotopic (exact) mass is 428 g/mol. The van der Waals surface area contributed by atoms with E-state index in [0.29, 0.717) is 22.5 Å². The number of carbonyl (C=O) groups is 1. The van der Waals surface area contributed by atoms with E-state index in [1.165, 1.54) is 17.1 Å². The first kappa shape index (κ1) is 19.4. The Hall–Kier alpha value is -1.96. The second-order valence-corrected chi connectivity index (χ2v) is 10.1. The second-order valence-electron chi connectivity index (χ2n) is 6.33. The number of nitrogens with zero attached hydrogens (tertiary/aromatic N) is 1. The molecule has 0 atom stereocenters. The van der Waals surface area contributed by atoms with E-state index in [1.54, 1.807) is 23.5 Å². The van der Waals surface area contributed by atoms with Gasteiger partial charge in [0.05, 0.1) is 15.3 Å². The third kappa shape index (κ3) is 4.90. The van der Waals surface area contributed by atoms with Crippen LogP contribution < -0.4 is 10.1 Å². The van der Waals surface area contributed by atoms with Gasteiger partial charge < -0.3 is 10.1 Å². The number of hydrogen-bond acceptors (Lipinski definition) is 6. The van der Waals surface area contributed by atoms with Crippen LogP contribution in [0.15, 0.2) is 53.9 Å². The molecule has 2 heterocycles. The van der Waals surface area contributed by atoms with Crippen molar-refractivity contribution < 1.29 is 9.53 Å². The van der Waals surface area contributed by atoms with Crippen molar-refractivity contribution in [3.05, 3.63) is 75.7 Å². The lowest BCUT2D eigenvalue weighted by molar-refractivity contribution is 0.102. The largest absolute Gasteiger partial charge is 0.487 e. The van der Waals surface area contributed by atoms with Gasteiger partial charge in [0.2, 0.25) is 0 Å². The minimum absolute atomic E-state index is 0.140. The summed E-state index contributed by atoms with van der Waals surface area (Å²) in [6, 6.07) is 15.4. The molecular weight excluding hydrogens is 408 g/mol. The molecule has 1 amide bonds. The molecule has 1 saturated heterocycles. The normalized spacial score (nSPS) is 14.2. The standard InChI is InChI=1S/C21H20N2O2S3/c1-14-22-18(13-28-14)12-25-19-7-3-4-15(11-19)20(24)23-17-6-2-5-16(10-17)21-26-8-9-27-21/h2-7,10-11,13,21H,8-9,12H2,1H3,(H,23,24). The molecule has 1 fully saturated rings. The van der Waals surface area contributed by atoms with Crippen molar-refractivity contribution in [3.8, 4) is 5.75 Å². The first-order chi connectivity index (χ1) is 13.7. The van der Waals surface area contributed by atoms with Crippen molar-refractivity contribution >= 4 is 46.5 Å². The molecule has 0 bridgehead atoms. The van der Waals surface area contributed by atoms with Crippen LogP contribution in [-0.4, -0.2) is 22.4 Å². The molecule has 1 aliphatic rings. The van der Waals surface area contributed by atoms with Crippen molar-refractivity contribution in [3.63, 3.8) is 0 Å². The summed E-state index contributed by atoms with van der Waals surface area (Å²) in [5.41, 5.74) is 3.54. The second kappa shape index (κ2) is 9.03. The summed E-state index contributed by atoms with van der Waals surface area (Å²) in [6.45, 7) is 2.37. The molecule has 0 unspecified atom stereocenters. The van der Waals surface area contributed by atoms with E-state index in [9.17, 15) is 4.79 Å². The molecule has 0 radical (unpaired) electrons. The van der Waals surface area contributed by atoms with E-state index < -0.39 is 0 Å². The van der Waals surface area contributed by atoms with Gasteiger partial charge in [-0.2, -0.15) is 0 Å². The zero-order valence-electron chi connectivity index (χ0n) is 15.4. The topological polar surface area (TPSA) is 51.2 Å². The number of aromatic nitrogens is 1. The molecule has 4 rings (SSSR count). The highest BCUT2D eigenvalue weighted by atomic mass is 32.2. The number of rotatable bonds is 6. The summed E-state index contributed by atoms with van der Waals surface area (Å²) in [5.74, 6) is 2.88. The van der Waals surface area contributed by atoms with Crippen LogP contribution >= 0.6 is 34.9 Å². The maximum absolute atomic E-state index is 12.7. The van der Waals surface area contributed by atoms with Gasteiger partial charge in [-0.25, -0.2) is 4.98 Å². The summed E-state index contributed by atoms with van der Waals surface area (Å²) in [4.78, 5) is 17.1. The summed E-state index contributed by atoms with van der Waals surface area (Å²) in [5, 5.41) is 6.01. The Kier molecular flexibility index (Phi) is 6.24. The SMILES string of the molecule is Cc1nc(COc2cccc(C(=O)Nc3cccc(C4SCCS4)c3)c2)cs1. The van der Waals surface area contributed by atoms with Crippen molar-refractivity contribution in [2.45, 2.75) is 18.1 Å². The average molecular weight is 429 g/mol. The Bertz CT molecular complexity index is 968. The molecular formula is C21H20N2O2S3. The van der Waals surface area contributed by atoms with E-state index in [1.807, 2.05) is 60.1 Å². The number of amides is 1. The number of aryl methyl sites for hydroxylation is 1. The Morgan fingerprint density at radius 1 is 1.18 bits per heavy atom. The zero-order chi connectivity index (χ0) is 19.3. The van der Waals surface area contributed by atoms with E-state index in [-0.39, 0.29) is 5.91 Å². The van der Waals surface area contributed by atoms with Crippen molar-refractivity contribution in [1.29, 1.82) is 0 Å². The highest BCUT2D eigenvalue weighted by Crippen LogP contribution is 2.45. The van der Waals surface area contributed by atoms with Crippen LogP contribution in [0.2, 0.25) is 0 Å². The number of anilines is 1. The molecule has 144 valence electrons. The molecule has 7 heteroatoms. The Morgan fingerprint density at radius 3 is 2.79 bits per heavy atom. The van der Waals surface area contributed by atoms with Crippen LogP contribution in [0.3, 0.4) is 0 Å². The Morgan fingerprint density at radius 2 is 2.00 bits per heavy atom. The third-order valence-corrected chi connectivity index (χ3v) is 8.11. The highest BCUT2D eigenvalue weighted by molar-refractivity contribution is 8.19. The highest BCUT2D eigenvalue weighted by Gasteiger charge is 2.18. The predicted molar refractivity (Wildman–Crippen MR) is 120 cm³/mol. The zero-order valence-corrected chi connectivity index (χ0v) is 17.8. The molecule has 0 spiro atoms. The fourth-order valence-corrected chi connectivity index (χ4v) is 6.31. The van der Waals surface area contributed by atoms with Crippen LogP contribution in [0.5, 0.6) is 5.75 Å². The lowest BCUT2D eigenvalue weighted by Crippen LogP contribution is -2.12. The molecule has 0 aliphatic carbocycles. The van der Waals surface area contributed by atoms with Crippen LogP contribution in [0.1, 0.15) is 31.2 Å². The van der Waals surface area contributed by atoms with Gasteiger partial charge in [0.15, 0.2) is 0 Å². The van der Waals surface area contributed by atoms with Gasteiger partial charge in [-0.05, 0) is 42.8 Å². The Labute approximate surface area is 177 Å². The molecule has 28 heavy (non-hydrogen) atoms. The quantitative estimate of drug-likeness (QED) is 0.541. The summed E-state index contributed by atoms with van der Waals surface area (Å²) in [7, 11) is 0. The van der Waals surface area contributed by atoms with Gasteiger partial charge in [0, 0.05) is 28.1 Å². The first-order valence-electron chi connectivity index (χ1n) is 8.96. The lowest BCUT2D eigenvalue weighted by atomic mass is 10.1. The van der Waals surface area contributed by atoms with Gasteiger partial charge in [0.1, 0.15) is 12.4 Å². The number of benzene rings is 2. The van der Waals surface area contributed by atoms with Crippen molar-refractivity contribution in [2.75, 3.05) is 16.8 Å². The van der Waals surface area contributed by atoms with Gasteiger partial charge in [-0.1, -0.05) is 18.2 Å². The summed E-state index contributed by atoms with van der Waals surface area (Å²) in [6.07, 6.45) is 0. The van der Waals surface area contributed by atoms with Crippen LogP contribution in [0, 0.1) is 6.92 Å².